The minimum Gasteiger partial charge on any atom is -0.492 e. The van der Waals surface area contributed by atoms with E-state index in [2.05, 4.69) is 33.5 Å². The molecule has 27 heavy (non-hydrogen) atoms. The number of hydrogen-bond donors (Lipinski definition) is 2. The molecule has 1 aromatic heterocycles. The molecule has 0 bridgehead atoms. The number of fused-ring (bicyclic) bond motifs is 4. The average Bonchev–Trinajstić information content (AvgIpc) is 3.14. The highest BCUT2D eigenvalue weighted by Crippen LogP contribution is 2.33. The van der Waals surface area contributed by atoms with Gasteiger partial charge in [0.15, 0.2) is 0 Å². The molecule has 3 aromatic rings. The maximum Gasteiger partial charge on any atom is 0.227 e. The van der Waals surface area contributed by atoms with Crippen molar-refractivity contribution in [1.29, 1.82) is 0 Å². The van der Waals surface area contributed by atoms with E-state index in [-0.39, 0.29) is 11.8 Å². The Morgan fingerprint density at radius 1 is 1.19 bits per heavy atom. The summed E-state index contributed by atoms with van der Waals surface area (Å²) in [6.45, 7) is 0.872. The molecule has 1 atom stereocenters. The van der Waals surface area contributed by atoms with Crippen molar-refractivity contribution in [1.82, 2.24) is 15.3 Å². The molecule has 2 aromatic carbocycles. The third kappa shape index (κ3) is 3.07. The largest absolute Gasteiger partial charge is 0.492 e. The molecule has 5 rings (SSSR count). The van der Waals surface area contributed by atoms with Crippen LogP contribution in [0.25, 0.3) is 10.8 Å². The summed E-state index contributed by atoms with van der Waals surface area (Å²) in [6, 6.07) is 12.4. The van der Waals surface area contributed by atoms with E-state index in [9.17, 15) is 4.79 Å². The molecule has 138 valence electrons. The number of carbonyl (C=O) groups excluding carboxylic acids is 1. The van der Waals surface area contributed by atoms with Gasteiger partial charge >= 0.3 is 0 Å². The lowest BCUT2D eigenvalue weighted by molar-refractivity contribution is -0.126. The van der Waals surface area contributed by atoms with E-state index < -0.39 is 0 Å². The molecular formula is C22H23N3O2. The Bertz CT molecular complexity index is 984. The van der Waals surface area contributed by atoms with Crippen LogP contribution in [0.3, 0.4) is 0 Å². The van der Waals surface area contributed by atoms with Gasteiger partial charge in [0.2, 0.25) is 5.91 Å². The van der Waals surface area contributed by atoms with Crippen LogP contribution in [0.4, 0.5) is 0 Å². The number of carbonyl (C=O) groups is 1. The van der Waals surface area contributed by atoms with E-state index in [4.69, 9.17) is 4.74 Å². The Balaban J connectivity index is 1.29. The van der Waals surface area contributed by atoms with Gasteiger partial charge in [0.25, 0.3) is 0 Å². The van der Waals surface area contributed by atoms with Gasteiger partial charge in [-0.2, -0.15) is 0 Å². The number of benzene rings is 2. The summed E-state index contributed by atoms with van der Waals surface area (Å²) in [6.07, 6.45) is 5.23. The minimum atomic E-state index is -0.173. The van der Waals surface area contributed by atoms with Crippen LogP contribution in [0.2, 0.25) is 0 Å². The molecule has 1 unspecified atom stereocenters. The van der Waals surface area contributed by atoms with Crippen molar-refractivity contribution in [2.45, 2.75) is 38.6 Å². The highest BCUT2D eigenvalue weighted by Gasteiger charge is 2.27. The summed E-state index contributed by atoms with van der Waals surface area (Å²) >= 11 is 0. The van der Waals surface area contributed by atoms with E-state index in [1.165, 1.54) is 35.0 Å². The molecule has 0 radical (unpaired) electrons. The summed E-state index contributed by atoms with van der Waals surface area (Å²) in [5, 5.41) is 5.40. The van der Waals surface area contributed by atoms with Gasteiger partial charge < -0.3 is 15.0 Å². The molecule has 0 fully saturated rings. The van der Waals surface area contributed by atoms with Gasteiger partial charge in [0.05, 0.1) is 18.2 Å². The van der Waals surface area contributed by atoms with Gasteiger partial charge in [0, 0.05) is 11.3 Å². The molecule has 1 amide bonds. The van der Waals surface area contributed by atoms with Crippen LogP contribution in [-0.4, -0.2) is 22.5 Å². The first-order valence-corrected chi connectivity index (χ1v) is 9.76. The summed E-state index contributed by atoms with van der Waals surface area (Å²) in [5.74, 6) is 1.62. The van der Waals surface area contributed by atoms with Crippen molar-refractivity contribution in [3.05, 3.63) is 59.2 Å². The van der Waals surface area contributed by atoms with Crippen molar-refractivity contribution in [2.24, 2.45) is 5.92 Å². The van der Waals surface area contributed by atoms with Crippen LogP contribution < -0.4 is 10.1 Å². The topological polar surface area (TPSA) is 67.0 Å². The van der Waals surface area contributed by atoms with E-state index in [0.29, 0.717) is 19.6 Å². The second kappa shape index (κ2) is 6.72. The second-order valence-corrected chi connectivity index (χ2v) is 7.51. The Kier molecular flexibility index (Phi) is 4.07. The Morgan fingerprint density at radius 3 is 3.00 bits per heavy atom. The number of nitrogens with one attached hydrogen (secondary N) is 2. The van der Waals surface area contributed by atoms with Gasteiger partial charge in [-0.25, -0.2) is 4.98 Å². The average molecular weight is 361 g/mol. The number of aromatic nitrogens is 2. The Labute approximate surface area is 158 Å². The lowest BCUT2D eigenvalue weighted by Crippen LogP contribution is -2.37. The number of hydrogen-bond acceptors (Lipinski definition) is 3. The molecule has 2 N–H and O–H groups in total. The molecule has 0 saturated carbocycles. The summed E-state index contributed by atoms with van der Waals surface area (Å²) in [5.41, 5.74) is 3.55. The lowest BCUT2D eigenvalue weighted by Gasteiger charge is -2.25. The van der Waals surface area contributed by atoms with Gasteiger partial charge in [-0.3, -0.25) is 4.79 Å². The van der Waals surface area contributed by atoms with E-state index in [1.54, 1.807) is 0 Å². The number of amides is 1. The minimum absolute atomic E-state index is 0.0305. The third-order valence-electron chi connectivity index (χ3n) is 5.69. The Hall–Kier alpha value is -2.82. The van der Waals surface area contributed by atoms with Gasteiger partial charge in [-0.1, -0.05) is 30.3 Å². The SMILES string of the molecule is O=C(NCc1nc2c([nH]1)CCCC2)C1COc2ccc3ccccc3c2C1. The van der Waals surface area contributed by atoms with Crippen LogP contribution in [0.1, 0.15) is 35.6 Å². The number of nitrogens with zero attached hydrogens (tertiary/aromatic N) is 1. The number of aromatic amines is 1. The van der Waals surface area contributed by atoms with Crippen molar-refractivity contribution in [2.75, 3.05) is 6.61 Å². The predicted octanol–water partition coefficient (Wildman–Crippen LogP) is 3.31. The molecule has 2 aliphatic rings. The molecule has 0 saturated heterocycles. The molecule has 5 heteroatoms. The van der Waals surface area contributed by atoms with Gasteiger partial charge in [-0.15, -0.1) is 0 Å². The standard InChI is InChI=1S/C22H23N3O2/c26-22(23-12-21-24-18-7-3-4-8-19(18)25-21)15-11-17-16-6-2-1-5-14(16)9-10-20(17)27-13-15/h1-2,5-6,9-10,15H,3-4,7-8,11-13H2,(H,23,26)(H,24,25). The number of H-pyrrole nitrogens is 1. The van der Waals surface area contributed by atoms with Crippen LogP contribution in [-0.2, 0) is 30.6 Å². The van der Waals surface area contributed by atoms with Crippen molar-refractivity contribution >= 4 is 16.7 Å². The fourth-order valence-electron chi connectivity index (χ4n) is 4.24. The van der Waals surface area contributed by atoms with Crippen molar-refractivity contribution < 1.29 is 9.53 Å². The zero-order valence-electron chi connectivity index (χ0n) is 15.3. The number of aryl methyl sites for hydroxylation is 2. The fourth-order valence-corrected chi connectivity index (χ4v) is 4.24. The summed E-state index contributed by atoms with van der Waals surface area (Å²) in [4.78, 5) is 20.7. The number of ether oxygens (including phenoxy) is 1. The van der Waals surface area contributed by atoms with Crippen LogP contribution >= 0.6 is 0 Å². The highest BCUT2D eigenvalue weighted by molar-refractivity contribution is 5.89. The first-order chi connectivity index (χ1) is 13.3. The zero-order valence-corrected chi connectivity index (χ0v) is 15.3. The van der Waals surface area contributed by atoms with E-state index in [0.717, 1.165) is 30.0 Å². The highest BCUT2D eigenvalue weighted by atomic mass is 16.5. The Morgan fingerprint density at radius 2 is 2.07 bits per heavy atom. The normalized spacial score (nSPS) is 18.4. The zero-order chi connectivity index (χ0) is 18.2. The molecule has 1 aliphatic heterocycles. The molecule has 0 spiro atoms. The monoisotopic (exact) mass is 361 g/mol. The third-order valence-corrected chi connectivity index (χ3v) is 5.69. The summed E-state index contributed by atoms with van der Waals surface area (Å²) in [7, 11) is 0. The van der Waals surface area contributed by atoms with Gasteiger partial charge in [0.1, 0.15) is 18.2 Å². The molecular weight excluding hydrogens is 338 g/mol. The maximum absolute atomic E-state index is 12.7. The van der Waals surface area contributed by atoms with Crippen LogP contribution in [0.5, 0.6) is 5.75 Å². The summed E-state index contributed by atoms with van der Waals surface area (Å²) < 4.78 is 5.90. The maximum atomic E-state index is 12.7. The van der Waals surface area contributed by atoms with Gasteiger partial charge in [-0.05, 0) is 48.9 Å². The van der Waals surface area contributed by atoms with E-state index in [1.807, 2.05) is 18.2 Å². The predicted molar refractivity (Wildman–Crippen MR) is 104 cm³/mol. The first kappa shape index (κ1) is 16.4. The number of rotatable bonds is 3. The van der Waals surface area contributed by atoms with Crippen molar-refractivity contribution in [3.63, 3.8) is 0 Å². The molecule has 2 heterocycles. The number of imidazole rings is 1. The second-order valence-electron chi connectivity index (χ2n) is 7.51. The van der Waals surface area contributed by atoms with Crippen LogP contribution in [0.15, 0.2) is 36.4 Å². The van der Waals surface area contributed by atoms with E-state index >= 15 is 0 Å². The quantitative estimate of drug-likeness (QED) is 0.752. The smallest absolute Gasteiger partial charge is 0.227 e. The van der Waals surface area contributed by atoms with Crippen molar-refractivity contribution in [3.8, 4) is 5.75 Å². The van der Waals surface area contributed by atoms with Crippen LogP contribution in [0, 0.1) is 5.92 Å². The first-order valence-electron chi connectivity index (χ1n) is 9.76. The lowest BCUT2D eigenvalue weighted by atomic mass is 9.92. The fraction of sp³-hybridized carbons (Fsp3) is 0.364. The molecule has 5 nitrogen and oxygen atoms in total. The molecule has 1 aliphatic carbocycles.